The molecule has 0 bridgehead atoms. The summed E-state index contributed by atoms with van der Waals surface area (Å²) in [6, 6.07) is 24.3. The van der Waals surface area contributed by atoms with Crippen molar-refractivity contribution in [3.05, 3.63) is 107 Å². The number of fused-ring (bicyclic) bond motifs is 1. The summed E-state index contributed by atoms with van der Waals surface area (Å²) in [5.74, 6) is -0.205. The highest BCUT2D eigenvalue weighted by Crippen LogP contribution is 2.28. The van der Waals surface area contributed by atoms with Gasteiger partial charge in [0.05, 0.1) is 15.5 Å². The predicted molar refractivity (Wildman–Crippen MR) is 132 cm³/mol. The maximum absolute atomic E-state index is 13.3. The van der Waals surface area contributed by atoms with Crippen LogP contribution in [0.5, 0.6) is 0 Å². The molecule has 0 saturated heterocycles. The number of carbonyl (C=O) groups is 1. The van der Waals surface area contributed by atoms with Crippen LogP contribution in [0.3, 0.4) is 0 Å². The van der Waals surface area contributed by atoms with Crippen molar-refractivity contribution >= 4 is 43.8 Å². The normalized spacial score (nSPS) is 11.2. The van der Waals surface area contributed by atoms with Gasteiger partial charge in [-0.1, -0.05) is 36.4 Å². The van der Waals surface area contributed by atoms with Crippen molar-refractivity contribution in [1.82, 2.24) is 0 Å². The Hall–Kier alpha value is -4.24. The Morgan fingerprint density at radius 1 is 0.912 bits per heavy atom. The van der Waals surface area contributed by atoms with Gasteiger partial charge in [0.25, 0.3) is 21.6 Å². The second-order valence-electron chi connectivity index (χ2n) is 7.48. The van der Waals surface area contributed by atoms with E-state index in [1.807, 2.05) is 49.4 Å². The summed E-state index contributed by atoms with van der Waals surface area (Å²) < 4.78 is 27.6. The number of hydrogen-bond acceptors (Lipinski definition) is 5. The Labute approximate surface area is 196 Å². The molecule has 1 N–H and O–H groups in total. The summed E-state index contributed by atoms with van der Waals surface area (Å²) in [5.41, 5.74) is 1.28. The first kappa shape index (κ1) is 22.9. The Kier molecular flexibility index (Phi) is 6.29. The van der Waals surface area contributed by atoms with Gasteiger partial charge in [-0.2, -0.15) is 0 Å². The van der Waals surface area contributed by atoms with E-state index in [9.17, 15) is 23.3 Å². The van der Waals surface area contributed by atoms with E-state index >= 15 is 0 Å². The molecule has 1 amide bonds. The number of carbonyl (C=O) groups excluding carboxylic acids is 1. The van der Waals surface area contributed by atoms with Crippen LogP contribution in [0.15, 0.2) is 95.9 Å². The highest BCUT2D eigenvalue weighted by molar-refractivity contribution is 7.92. The summed E-state index contributed by atoms with van der Waals surface area (Å²) in [6.45, 7) is 2.35. The fraction of sp³-hybridized carbons (Fsp3) is 0.0800. The maximum Gasteiger partial charge on any atom is 0.269 e. The summed E-state index contributed by atoms with van der Waals surface area (Å²) in [4.78, 5) is 25.0. The van der Waals surface area contributed by atoms with Crippen LogP contribution in [0.2, 0.25) is 0 Å². The number of nitro benzene ring substituents is 1. The van der Waals surface area contributed by atoms with Crippen LogP contribution in [-0.2, 0) is 10.0 Å². The summed E-state index contributed by atoms with van der Waals surface area (Å²) in [7, 11) is -3.95. The molecular formula is C25H21N3O5S. The summed E-state index contributed by atoms with van der Waals surface area (Å²) in [6.07, 6.45) is 0. The lowest BCUT2D eigenvalue weighted by molar-refractivity contribution is -0.384. The van der Waals surface area contributed by atoms with Crippen LogP contribution in [-0.4, -0.2) is 25.8 Å². The molecule has 0 aliphatic heterocycles. The molecule has 0 radical (unpaired) electrons. The van der Waals surface area contributed by atoms with Crippen molar-refractivity contribution in [2.24, 2.45) is 0 Å². The standard InChI is InChI=1S/C25H21N3O5S/c1-2-27(24-9-5-7-18-6-3-4-8-23(18)24)25(29)19-10-12-20(13-11-19)26-34(32,33)22-16-14-21(15-17-22)28(30)31/h3-17,26H,2H2,1H3. The van der Waals surface area contributed by atoms with E-state index in [2.05, 4.69) is 4.72 Å². The molecule has 0 atom stereocenters. The number of anilines is 2. The molecule has 172 valence electrons. The Morgan fingerprint density at radius 2 is 1.56 bits per heavy atom. The number of benzene rings is 4. The number of non-ortho nitro benzene ring substituents is 1. The third-order valence-electron chi connectivity index (χ3n) is 5.36. The average molecular weight is 476 g/mol. The van der Waals surface area contributed by atoms with Gasteiger partial charge in [-0.15, -0.1) is 0 Å². The molecule has 9 heteroatoms. The topological polar surface area (TPSA) is 110 Å². The van der Waals surface area contributed by atoms with Crippen molar-refractivity contribution in [3.63, 3.8) is 0 Å². The van der Waals surface area contributed by atoms with E-state index in [-0.39, 0.29) is 22.2 Å². The first-order chi connectivity index (χ1) is 16.3. The van der Waals surface area contributed by atoms with E-state index in [1.54, 1.807) is 17.0 Å². The van der Waals surface area contributed by atoms with Crippen LogP contribution in [0, 0.1) is 10.1 Å². The smallest absolute Gasteiger partial charge is 0.269 e. The molecule has 4 aromatic rings. The van der Waals surface area contributed by atoms with Crippen LogP contribution in [0.25, 0.3) is 10.8 Å². The van der Waals surface area contributed by atoms with Gasteiger partial charge >= 0.3 is 0 Å². The van der Waals surface area contributed by atoms with Crippen LogP contribution in [0.1, 0.15) is 17.3 Å². The van der Waals surface area contributed by atoms with Crippen LogP contribution < -0.4 is 9.62 Å². The van der Waals surface area contributed by atoms with Crippen molar-refractivity contribution in [2.45, 2.75) is 11.8 Å². The third kappa shape index (κ3) is 4.60. The van der Waals surface area contributed by atoms with Gasteiger partial charge in [0.1, 0.15) is 0 Å². The first-order valence-electron chi connectivity index (χ1n) is 10.5. The second kappa shape index (κ2) is 9.32. The molecule has 8 nitrogen and oxygen atoms in total. The number of nitro groups is 1. The predicted octanol–water partition coefficient (Wildman–Crippen LogP) is 5.22. The molecule has 4 aromatic carbocycles. The number of rotatable bonds is 7. The monoisotopic (exact) mass is 475 g/mol. The van der Waals surface area contributed by atoms with Crippen molar-refractivity contribution in [1.29, 1.82) is 0 Å². The Morgan fingerprint density at radius 3 is 2.21 bits per heavy atom. The van der Waals surface area contributed by atoms with E-state index in [0.29, 0.717) is 12.1 Å². The van der Waals surface area contributed by atoms with Crippen molar-refractivity contribution in [2.75, 3.05) is 16.2 Å². The minimum Gasteiger partial charge on any atom is -0.308 e. The van der Waals surface area contributed by atoms with Gasteiger partial charge in [-0.25, -0.2) is 8.42 Å². The molecule has 0 unspecified atom stereocenters. The van der Waals surface area contributed by atoms with Crippen molar-refractivity contribution < 1.29 is 18.1 Å². The van der Waals surface area contributed by atoms with Crippen LogP contribution >= 0.6 is 0 Å². The Bertz CT molecular complexity index is 1460. The number of nitrogens with one attached hydrogen (secondary N) is 1. The lowest BCUT2D eigenvalue weighted by atomic mass is 10.1. The van der Waals surface area contributed by atoms with E-state index in [4.69, 9.17) is 0 Å². The molecule has 0 spiro atoms. The van der Waals surface area contributed by atoms with Gasteiger partial charge < -0.3 is 4.90 Å². The largest absolute Gasteiger partial charge is 0.308 e. The number of nitrogens with zero attached hydrogens (tertiary/aromatic N) is 2. The van der Waals surface area contributed by atoms with Gasteiger partial charge in [0.2, 0.25) is 0 Å². The average Bonchev–Trinajstić information content (AvgIpc) is 2.85. The zero-order valence-electron chi connectivity index (χ0n) is 18.2. The van der Waals surface area contributed by atoms with Gasteiger partial charge in [-0.3, -0.25) is 19.6 Å². The van der Waals surface area contributed by atoms with Crippen molar-refractivity contribution in [3.8, 4) is 0 Å². The zero-order valence-corrected chi connectivity index (χ0v) is 19.0. The Balaban J connectivity index is 1.55. The lowest BCUT2D eigenvalue weighted by Gasteiger charge is -2.23. The molecule has 4 rings (SSSR count). The third-order valence-corrected chi connectivity index (χ3v) is 6.76. The number of hydrogen-bond donors (Lipinski definition) is 1. The highest BCUT2D eigenvalue weighted by Gasteiger charge is 2.19. The summed E-state index contributed by atoms with van der Waals surface area (Å²) in [5, 5.41) is 12.8. The molecule has 0 aliphatic rings. The van der Waals surface area contributed by atoms with Gasteiger partial charge in [0, 0.05) is 35.3 Å². The fourth-order valence-corrected chi connectivity index (χ4v) is 4.72. The minimum atomic E-state index is -3.95. The molecule has 0 aromatic heterocycles. The van der Waals surface area contributed by atoms with E-state index in [1.165, 1.54) is 24.3 Å². The molecule has 0 saturated carbocycles. The number of amides is 1. The minimum absolute atomic E-state index is 0.105. The highest BCUT2D eigenvalue weighted by atomic mass is 32.2. The second-order valence-corrected chi connectivity index (χ2v) is 9.16. The van der Waals surface area contributed by atoms with Gasteiger partial charge in [0.15, 0.2) is 0 Å². The van der Waals surface area contributed by atoms with Gasteiger partial charge in [-0.05, 0) is 54.8 Å². The van der Waals surface area contributed by atoms with E-state index in [0.717, 1.165) is 28.6 Å². The zero-order chi connectivity index (χ0) is 24.3. The van der Waals surface area contributed by atoms with E-state index < -0.39 is 14.9 Å². The summed E-state index contributed by atoms with van der Waals surface area (Å²) >= 11 is 0. The molecule has 0 heterocycles. The first-order valence-corrected chi connectivity index (χ1v) is 12.0. The maximum atomic E-state index is 13.3. The lowest BCUT2D eigenvalue weighted by Crippen LogP contribution is -2.30. The van der Waals surface area contributed by atoms with Crippen LogP contribution in [0.4, 0.5) is 17.1 Å². The SMILES string of the molecule is CCN(C(=O)c1ccc(NS(=O)(=O)c2ccc([N+](=O)[O-])cc2)cc1)c1cccc2ccccc12. The number of sulfonamides is 1. The fourth-order valence-electron chi connectivity index (χ4n) is 3.66. The molecule has 0 fully saturated rings. The molecule has 0 aliphatic carbocycles. The quantitative estimate of drug-likeness (QED) is 0.291. The molecule has 34 heavy (non-hydrogen) atoms. The molecular weight excluding hydrogens is 454 g/mol.